The van der Waals surface area contributed by atoms with Gasteiger partial charge in [0, 0.05) is 12.6 Å². The van der Waals surface area contributed by atoms with Crippen LogP contribution in [-0.2, 0) is 4.74 Å². The Labute approximate surface area is 99.6 Å². The van der Waals surface area contributed by atoms with E-state index in [4.69, 9.17) is 9.47 Å². The number of H-pyrrole nitrogens is 1. The fourth-order valence-electron chi connectivity index (χ4n) is 1.93. The molecule has 3 rings (SSSR count). The molecule has 1 atom stereocenters. The van der Waals surface area contributed by atoms with E-state index in [1.54, 1.807) is 6.20 Å². The van der Waals surface area contributed by atoms with E-state index < -0.39 is 0 Å². The summed E-state index contributed by atoms with van der Waals surface area (Å²) in [5.74, 6) is 0.892. The second-order valence-electron chi connectivity index (χ2n) is 4.10. The van der Waals surface area contributed by atoms with Gasteiger partial charge < -0.3 is 9.47 Å². The van der Waals surface area contributed by atoms with Gasteiger partial charge in [0.25, 0.3) is 0 Å². The summed E-state index contributed by atoms with van der Waals surface area (Å²) in [6, 6.07) is 9.96. The first-order chi connectivity index (χ1) is 8.42. The smallest absolute Gasteiger partial charge is 0.124 e. The molecule has 1 aliphatic heterocycles. The SMILES string of the molecule is c1cc(-c2ccc(OC3CCOC3)cc2)[nH]n1. The standard InChI is InChI=1S/C13H14N2O2/c1-3-11(17-12-6-8-16-9-12)4-2-10(1)13-5-7-14-15-13/h1-5,7,12H,6,8-9H2,(H,14,15). The third-order valence-electron chi connectivity index (χ3n) is 2.86. The number of rotatable bonds is 3. The minimum Gasteiger partial charge on any atom is -0.488 e. The Hall–Kier alpha value is -1.81. The lowest BCUT2D eigenvalue weighted by atomic mass is 10.1. The topological polar surface area (TPSA) is 47.1 Å². The van der Waals surface area contributed by atoms with Gasteiger partial charge in [-0.2, -0.15) is 5.10 Å². The van der Waals surface area contributed by atoms with E-state index >= 15 is 0 Å². The summed E-state index contributed by atoms with van der Waals surface area (Å²) in [5, 5.41) is 6.87. The number of benzene rings is 1. The van der Waals surface area contributed by atoms with Crippen LogP contribution in [-0.4, -0.2) is 29.5 Å². The monoisotopic (exact) mass is 230 g/mol. The fourth-order valence-corrected chi connectivity index (χ4v) is 1.93. The van der Waals surface area contributed by atoms with Gasteiger partial charge in [-0.3, -0.25) is 5.10 Å². The number of aromatic nitrogens is 2. The second kappa shape index (κ2) is 4.59. The third-order valence-corrected chi connectivity index (χ3v) is 2.86. The Balaban J connectivity index is 1.71. The molecule has 0 radical (unpaired) electrons. The Morgan fingerprint density at radius 2 is 2.12 bits per heavy atom. The molecular formula is C13H14N2O2. The molecule has 1 unspecified atom stereocenters. The first kappa shape index (κ1) is 10.4. The van der Waals surface area contributed by atoms with Gasteiger partial charge in [-0.1, -0.05) is 0 Å². The number of nitrogens with zero attached hydrogens (tertiary/aromatic N) is 1. The zero-order chi connectivity index (χ0) is 11.5. The lowest BCUT2D eigenvalue weighted by Gasteiger charge is -2.11. The van der Waals surface area contributed by atoms with Gasteiger partial charge in [0.2, 0.25) is 0 Å². The Morgan fingerprint density at radius 3 is 2.76 bits per heavy atom. The maximum absolute atomic E-state index is 5.80. The Kier molecular flexibility index (Phi) is 2.80. The molecule has 0 spiro atoms. The molecule has 1 aromatic heterocycles. The highest BCUT2D eigenvalue weighted by Crippen LogP contribution is 2.22. The van der Waals surface area contributed by atoms with Gasteiger partial charge in [0.05, 0.1) is 18.9 Å². The van der Waals surface area contributed by atoms with Crippen molar-refractivity contribution in [1.29, 1.82) is 0 Å². The van der Waals surface area contributed by atoms with Crippen LogP contribution in [0.3, 0.4) is 0 Å². The Bertz CT molecular complexity index is 459. The molecule has 1 saturated heterocycles. The quantitative estimate of drug-likeness (QED) is 0.879. The lowest BCUT2D eigenvalue weighted by Crippen LogP contribution is -2.15. The van der Waals surface area contributed by atoms with Crippen LogP contribution < -0.4 is 4.74 Å². The summed E-state index contributed by atoms with van der Waals surface area (Å²) in [6.45, 7) is 1.50. The highest BCUT2D eigenvalue weighted by atomic mass is 16.5. The summed E-state index contributed by atoms with van der Waals surface area (Å²) in [7, 11) is 0. The lowest BCUT2D eigenvalue weighted by molar-refractivity contribution is 0.141. The number of aromatic amines is 1. The van der Waals surface area contributed by atoms with Crippen LogP contribution >= 0.6 is 0 Å². The number of nitrogens with one attached hydrogen (secondary N) is 1. The van der Waals surface area contributed by atoms with E-state index in [1.807, 2.05) is 30.3 Å². The molecule has 1 N–H and O–H groups in total. The normalized spacial score (nSPS) is 19.4. The van der Waals surface area contributed by atoms with Crippen molar-refractivity contribution in [2.45, 2.75) is 12.5 Å². The molecule has 2 aromatic rings. The molecule has 4 heteroatoms. The van der Waals surface area contributed by atoms with E-state index in [-0.39, 0.29) is 6.10 Å². The van der Waals surface area contributed by atoms with Crippen molar-refractivity contribution >= 4 is 0 Å². The van der Waals surface area contributed by atoms with E-state index in [1.165, 1.54) is 0 Å². The summed E-state index contributed by atoms with van der Waals surface area (Å²) in [4.78, 5) is 0. The fraction of sp³-hybridized carbons (Fsp3) is 0.308. The first-order valence-corrected chi connectivity index (χ1v) is 5.76. The van der Waals surface area contributed by atoms with Crippen molar-refractivity contribution in [3.05, 3.63) is 36.5 Å². The molecule has 88 valence electrons. The molecule has 0 saturated carbocycles. The largest absolute Gasteiger partial charge is 0.488 e. The van der Waals surface area contributed by atoms with Crippen LogP contribution in [0.1, 0.15) is 6.42 Å². The first-order valence-electron chi connectivity index (χ1n) is 5.76. The Morgan fingerprint density at radius 1 is 1.24 bits per heavy atom. The van der Waals surface area contributed by atoms with E-state index in [2.05, 4.69) is 10.2 Å². The molecule has 0 aliphatic carbocycles. The van der Waals surface area contributed by atoms with Crippen LogP contribution in [0.4, 0.5) is 0 Å². The van der Waals surface area contributed by atoms with E-state index in [0.717, 1.165) is 30.0 Å². The van der Waals surface area contributed by atoms with Crippen LogP contribution in [0.2, 0.25) is 0 Å². The van der Waals surface area contributed by atoms with Gasteiger partial charge in [-0.15, -0.1) is 0 Å². The van der Waals surface area contributed by atoms with Gasteiger partial charge in [0.1, 0.15) is 11.9 Å². The van der Waals surface area contributed by atoms with Crippen LogP contribution in [0.25, 0.3) is 11.3 Å². The van der Waals surface area contributed by atoms with Crippen LogP contribution in [0.5, 0.6) is 5.75 Å². The summed E-state index contributed by atoms with van der Waals surface area (Å²) >= 11 is 0. The van der Waals surface area contributed by atoms with Crippen LogP contribution in [0, 0.1) is 0 Å². The van der Waals surface area contributed by atoms with Crippen molar-refractivity contribution in [2.24, 2.45) is 0 Å². The predicted molar refractivity (Wildman–Crippen MR) is 63.9 cm³/mol. The van der Waals surface area contributed by atoms with Gasteiger partial charge >= 0.3 is 0 Å². The summed E-state index contributed by atoms with van der Waals surface area (Å²) in [5.41, 5.74) is 2.12. The highest BCUT2D eigenvalue weighted by molar-refractivity contribution is 5.59. The van der Waals surface area contributed by atoms with Gasteiger partial charge in [-0.25, -0.2) is 0 Å². The number of hydrogen-bond donors (Lipinski definition) is 1. The average Bonchev–Trinajstić information content (AvgIpc) is 3.01. The van der Waals surface area contributed by atoms with E-state index in [9.17, 15) is 0 Å². The molecular weight excluding hydrogens is 216 g/mol. The predicted octanol–water partition coefficient (Wildman–Crippen LogP) is 2.24. The zero-order valence-electron chi connectivity index (χ0n) is 9.43. The van der Waals surface area contributed by atoms with Gasteiger partial charge in [-0.05, 0) is 35.9 Å². The maximum Gasteiger partial charge on any atom is 0.124 e. The zero-order valence-corrected chi connectivity index (χ0v) is 9.43. The van der Waals surface area contributed by atoms with Crippen molar-refractivity contribution in [1.82, 2.24) is 10.2 Å². The number of hydrogen-bond acceptors (Lipinski definition) is 3. The molecule has 1 aromatic carbocycles. The van der Waals surface area contributed by atoms with E-state index in [0.29, 0.717) is 6.61 Å². The molecule has 1 fully saturated rings. The molecule has 0 bridgehead atoms. The third kappa shape index (κ3) is 2.31. The minimum atomic E-state index is 0.202. The molecule has 4 nitrogen and oxygen atoms in total. The second-order valence-corrected chi connectivity index (χ2v) is 4.10. The van der Waals surface area contributed by atoms with Crippen molar-refractivity contribution in [2.75, 3.05) is 13.2 Å². The molecule has 0 amide bonds. The van der Waals surface area contributed by atoms with Crippen LogP contribution in [0.15, 0.2) is 36.5 Å². The molecule has 17 heavy (non-hydrogen) atoms. The van der Waals surface area contributed by atoms with Crippen molar-refractivity contribution in [3.8, 4) is 17.0 Å². The maximum atomic E-state index is 5.80. The molecule has 1 aliphatic rings. The average molecular weight is 230 g/mol. The van der Waals surface area contributed by atoms with Gasteiger partial charge in [0.15, 0.2) is 0 Å². The van der Waals surface area contributed by atoms with Crippen molar-refractivity contribution in [3.63, 3.8) is 0 Å². The molecule has 2 heterocycles. The van der Waals surface area contributed by atoms with Crippen molar-refractivity contribution < 1.29 is 9.47 Å². The minimum absolute atomic E-state index is 0.202. The highest BCUT2D eigenvalue weighted by Gasteiger charge is 2.16. The summed E-state index contributed by atoms with van der Waals surface area (Å²) in [6.07, 6.45) is 2.92. The summed E-state index contributed by atoms with van der Waals surface area (Å²) < 4.78 is 11.1. The number of ether oxygens (including phenoxy) is 2.